The highest BCUT2D eigenvalue weighted by Crippen LogP contribution is 2.31. The molecule has 0 fully saturated rings. The lowest BCUT2D eigenvalue weighted by Crippen LogP contribution is -2.22. The van der Waals surface area contributed by atoms with Crippen molar-refractivity contribution in [1.29, 1.82) is 0 Å². The number of benzene rings is 2. The van der Waals surface area contributed by atoms with Gasteiger partial charge in [0.2, 0.25) is 0 Å². The van der Waals surface area contributed by atoms with Gasteiger partial charge in [-0.05, 0) is 35.9 Å². The predicted molar refractivity (Wildman–Crippen MR) is 98.7 cm³/mol. The smallest absolute Gasteiger partial charge is 0.310 e. The Morgan fingerprint density at radius 3 is 2.67 bits per heavy atom. The Hall–Kier alpha value is -2.93. The third kappa shape index (κ3) is 5.04. The zero-order valence-corrected chi connectivity index (χ0v) is 15.4. The monoisotopic (exact) mass is 391 g/mol. The van der Waals surface area contributed by atoms with E-state index in [0.717, 1.165) is 0 Å². The van der Waals surface area contributed by atoms with Gasteiger partial charge < -0.3 is 24.3 Å². The van der Waals surface area contributed by atoms with Gasteiger partial charge in [0.15, 0.2) is 18.1 Å². The molecule has 142 valence electrons. The third-order valence-corrected chi connectivity index (χ3v) is 3.99. The highest BCUT2D eigenvalue weighted by atomic mass is 35.5. The number of hydrogen-bond acceptors (Lipinski definition) is 6. The van der Waals surface area contributed by atoms with Crippen LogP contribution in [0.5, 0.6) is 17.2 Å². The molecule has 0 aliphatic carbocycles. The van der Waals surface area contributed by atoms with Crippen molar-refractivity contribution in [2.75, 3.05) is 32.2 Å². The second-order valence-corrected chi connectivity index (χ2v) is 6.14. The first kappa shape index (κ1) is 18.8. The molecule has 2 aromatic rings. The average molecular weight is 392 g/mol. The molecule has 0 atom stereocenters. The number of anilines is 1. The Balaban J connectivity index is 1.52. The molecule has 1 N–H and O–H groups in total. The fraction of sp³-hybridized carbons (Fsp3) is 0.263. The maximum Gasteiger partial charge on any atom is 0.310 e. The molecule has 1 heterocycles. The first-order valence-electron chi connectivity index (χ1n) is 8.22. The molecule has 0 saturated carbocycles. The highest BCUT2D eigenvalue weighted by Gasteiger charge is 2.15. The Morgan fingerprint density at radius 1 is 1.11 bits per heavy atom. The lowest BCUT2D eigenvalue weighted by atomic mass is 10.1. The van der Waals surface area contributed by atoms with E-state index in [1.165, 1.54) is 7.11 Å². The van der Waals surface area contributed by atoms with Crippen molar-refractivity contribution in [2.45, 2.75) is 6.42 Å². The first-order chi connectivity index (χ1) is 13.0. The number of hydrogen-bond donors (Lipinski definition) is 1. The van der Waals surface area contributed by atoms with E-state index in [1.54, 1.807) is 36.4 Å². The number of ether oxygens (including phenoxy) is 4. The predicted octanol–water partition coefficient (Wildman–Crippen LogP) is 2.84. The molecule has 1 aliphatic heterocycles. The van der Waals surface area contributed by atoms with Crippen LogP contribution in [0.25, 0.3) is 0 Å². The van der Waals surface area contributed by atoms with E-state index in [9.17, 15) is 9.59 Å². The normalized spacial score (nSPS) is 12.2. The molecule has 0 aromatic heterocycles. The van der Waals surface area contributed by atoms with Crippen LogP contribution >= 0.6 is 11.6 Å². The molecule has 2 aromatic carbocycles. The summed E-state index contributed by atoms with van der Waals surface area (Å²) in [6.45, 7) is 0.550. The third-order valence-electron chi connectivity index (χ3n) is 3.75. The van der Waals surface area contributed by atoms with Crippen LogP contribution in [-0.2, 0) is 20.7 Å². The summed E-state index contributed by atoms with van der Waals surface area (Å²) in [5, 5.41) is 3.05. The number of methoxy groups -OCH3 is 1. The van der Waals surface area contributed by atoms with Crippen LogP contribution in [-0.4, -0.2) is 38.8 Å². The van der Waals surface area contributed by atoms with Gasteiger partial charge in [-0.2, -0.15) is 0 Å². The van der Waals surface area contributed by atoms with Crippen LogP contribution in [0.1, 0.15) is 5.56 Å². The number of esters is 1. The van der Waals surface area contributed by atoms with Crippen molar-refractivity contribution in [3.63, 3.8) is 0 Å². The molecule has 3 rings (SSSR count). The summed E-state index contributed by atoms with van der Waals surface area (Å²) < 4.78 is 21.1. The van der Waals surface area contributed by atoms with E-state index >= 15 is 0 Å². The molecule has 0 unspecified atom stereocenters. The van der Waals surface area contributed by atoms with E-state index in [4.69, 9.17) is 30.5 Å². The molecule has 0 bridgehead atoms. The summed E-state index contributed by atoms with van der Waals surface area (Å²) in [7, 11) is 1.48. The highest BCUT2D eigenvalue weighted by molar-refractivity contribution is 6.31. The molecule has 0 saturated heterocycles. The molecule has 7 nitrogen and oxygen atoms in total. The summed E-state index contributed by atoms with van der Waals surface area (Å²) in [6.07, 6.45) is 0.0183. The zero-order valence-electron chi connectivity index (χ0n) is 14.6. The summed E-state index contributed by atoms with van der Waals surface area (Å²) in [5.41, 5.74) is 1.11. The second kappa shape index (κ2) is 8.64. The number of carbonyl (C=O) groups excluding carboxylic acids is 2. The van der Waals surface area contributed by atoms with Crippen molar-refractivity contribution >= 4 is 29.2 Å². The van der Waals surface area contributed by atoms with Gasteiger partial charge in [0.25, 0.3) is 5.91 Å². The van der Waals surface area contributed by atoms with E-state index < -0.39 is 18.5 Å². The van der Waals surface area contributed by atoms with E-state index in [0.29, 0.717) is 46.7 Å². The molecule has 0 radical (unpaired) electrons. The number of halogens is 1. The molecule has 8 heteroatoms. The lowest BCUT2D eigenvalue weighted by molar-refractivity contribution is -0.146. The van der Waals surface area contributed by atoms with Gasteiger partial charge in [0.1, 0.15) is 19.0 Å². The van der Waals surface area contributed by atoms with Gasteiger partial charge in [0.05, 0.1) is 19.2 Å². The van der Waals surface area contributed by atoms with Gasteiger partial charge in [-0.3, -0.25) is 9.59 Å². The standard InChI is InChI=1S/C19H18ClNO6/c1-24-15-5-3-13(20)10-14(15)21-18(22)11-27-19(23)9-12-2-4-16-17(8-12)26-7-6-25-16/h2-5,8,10H,6-7,9,11H2,1H3,(H,21,22). The largest absolute Gasteiger partial charge is 0.495 e. The fourth-order valence-corrected chi connectivity index (χ4v) is 2.70. The van der Waals surface area contributed by atoms with Gasteiger partial charge in [0, 0.05) is 5.02 Å². The SMILES string of the molecule is COc1ccc(Cl)cc1NC(=O)COC(=O)Cc1ccc2c(c1)OCCO2. The fourth-order valence-electron chi connectivity index (χ4n) is 2.53. The van der Waals surface area contributed by atoms with Crippen molar-refractivity contribution in [2.24, 2.45) is 0 Å². The van der Waals surface area contributed by atoms with Crippen molar-refractivity contribution in [3.05, 3.63) is 47.0 Å². The lowest BCUT2D eigenvalue weighted by Gasteiger charge is -2.18. The zero-order chi connectivity index (χ0) is 19.2. The topological polar surface area (TPSA) is 83.1 Å². The molecular weight excluding hydrogens is 374 g/mol. The number of rotatable bonds is 6. The van der Waals surface area contributed by atoms with Gasteiger partial charge in [-0.15, -0.1) is 0 Å². The Kier molecular flexibility index (Phi) is 6.03. The molecule has 27 heavy (non-hydrogen) atoms. The second-order valence-electron chi connectivity index (χ2n) is 5.71. The van der Waals surface area contributed by atoms with E-state index in [1.807, 2.05) is 0 Å². The van der Waals surface area contributed by atoms with Crippen LogP contribution < -0.4 is 19.5 Å². The summed E-state index contributed by atoms with van der Waals surface area (Å²) >= 11 is 5.91. The molecular formula is C19H18ClNO6. The Labute approximate surface area is 161 Å². The number of carbonyl (C=O) groups is 2. The minimum Gasteiger partial charge on any atom is -0.495 e. The van der Waals surface area contributed by atoms with Crippen LogP contribution in [0.15, 0.2) is 36.4 Å². The quantitative estimate of drug-likeness (QED) is 0.762. The van der Waals surface area contributed by atoms with E-state index in [2.05, 4.69) is 5.32 Å². The maximum absolute atomic E-state index is 12.0. The number of amides is 1. The summed E-state index contributed by atoms with van der Waals surface area (Å²) in [6, 6.07) is 10.1. The van der Waals surface area contributed by atoms with Gasteiger partial charge in [-0.25, -0.2) is 0 Å². The summed E-state index contributed by atoms with van der Waals surface area (Å²) in [5.74, 6) is 0.673. The van der Waals surface area contributed by atoms with Crippen LogP contribution in [0.4, 0.5) is 5.69 Å². The maximum atomic E-state index is 12.0. The van der Waals surface area contributed by atoms with E-state index in [-0.39, 0.29) is 6.42 Å². The number of nitrogens with one attached hydrogen (secondary N) is 1. The first-order valence-corrected chi connectivity index (χ1v) is 8.60. The molecule has 0 spiro atoms. The Bertz CT molecular complexity index is 854. The molecule has 1 amide bonds. The van der Waals surface area contributed by atoms with Gasteiger partial charge in [-0.1, -0.05) is 17.7 Å². The van der Waals surface area contributed by atoms with Crippen molar-refractivity contribution in [1.82, 2.24) is 0 Å². The minimum absolute atomic E-state index is 0.0183. The van der Waals surface area contributed by atoms with Gasteiger partial charge >= 0.3 is 5.97 Å². The minimum atomic E-state index is -0.528. The van der Waals surface area contributed by atoms with Crippen LogP contribution in [0.2, 0.25) is 5.02 Å². The summed E-state index contributed by atoms with van der Waals surface area (Å²) in [4.78, 5) is 24.0. The molecule has 1 aliphatic rings. The van der Waals surface area contributed by atoms with Crippen molar-refractivity contribution < 1.29 is 28.5 Å². The van der Waals surface area contributed by atoms with Crippen LogP contribution in [0.3, 0.4) is 0 Å². The Morgan fingerprint density at radius 2 is 1.89 bits per heavy atom. The number of fused-ring (bicyclic) bond motifs is 1. The van der Waals surface area contributed by atoms with Crippen LogP contribution in [0, 0.1) is 0 Å². The average Bonchev–Trinajstić information content (AvgIpc) is 2.66. The van der Waals surface area contributed by atoms with Crippen molar-refractivity contribution in [3.8, 4) is 17.2 Å².